The molecule has 11 aromatic rings. The van der Waals surface area contributed by atoms with Crippen LogP contribution >= 0.6 is 0 Å². The first-order valence-electron chi connectivity index (χ1n) is 21.2. The van der Waals surface area contributed by atoms with Crippen LogP contribution in [0.15, 0.2) is 212 Å². The van der Waals surface area contributed by atoms with Crippen LogP contribution in [0.3, 0.4) is 0 Å². The first-order chi connectivity index (χ1) is 30.6. The van der Waals surface area contributed by atoms with Gasteiger partial charge >= 0.3 is 0 Å². The molecule has 0 aliphatic rings. The van der Waals surface area contributed by atoms with E-state index in [9.17, 15) is 0 Å². The van der Waals surface area contributed by atoms with E-state index in [0.29, 0.717) is 5.92 Å². The number of para-hydroxylation sites is 4. The van der Waals surface area contributed by atoms with Crippen molar-refractivity contribution in [1.29, 1.82) is 0 Å². The van der Waals surface area contributed by atoms with E-state index in [-0.39, 0.29) is 0 Å². The maximum Gasteiger partial charge on any atom is 0.269 e. The SMILES string of the molecule is CC(C)c1cc(-n2c3ccccc3c3ccc(Oc4cccc(-n5[c-][n+](-c6c(-c7ccccc7)cccc6-c6ccccc6)c6ccccc65)c4)cc32)ncc1-c1ccccc1. The van der Waals surface area contributed by atoms with Crippen molar-refractivity contribution < 1.29 is 9.30 Å². The zero-order valence-electron chi connectivity index (χ0n) is 34.5. The van der Waals surface area contributed by atoms with Crippen LogP contribution in [0.4, 0.5) is 0 Å². The van der Waals surface area contributed by atoms with E-state index in [1.165, 1.54) is 16.5 Å². The minimum absolute atomic E-state index is 0.305. The lowest BCUT2D eigenvalue weighted by molar-refractivity contribution is -0.571. The summed E-state index contributed by atoms with van der Waals surface area (Å²) in [6.07, 6.45) is 5.82. The number of pyridine rings is 1. The molecular formula is C57H42N4O. The van der Waals surface area contributed by atoms with Crippen molar-refractivity contribution in [3.63, 3.8) is 0 Å². The Balaban J connectivity index is 1.01. The summed E-state index contributed by atoms with van der Waals surface area (Å²) in [5, 5.41) is 2.31. The minimum Gasteiger partial charge on any atom is -0.458 e. The molecule has 0 unspecified atom stereocenters. The Morgan fingerprint density at radius 3 is 1.77 bits per heavy atom. The van der Waals surface area contributed by atoms with Crippen molar-refractivity contribution in [2.75, 3.05) is 0 Å². The number of hydrogen-bond donors (Lipinski definition) is 0. The van der Waals surface area contributed by atoms with Crippen LogP contribution in [-0.2, 0) is 0 Å². The second kappa shape index (κ2) is 15.5. The Morgan fingerprint density at radius 1 is 0.500 bits per heavy atom. The van der Waals surface area contributed by atoms with Gasteiger partial charge in [-0.25, -0.2) is 4.98 Å². The number of nitrogens with zero attached hydrogens (tertiary/aromatic N) is 4. The van der Waals surface area contributed by atoms with Gasteiger partial charge < -0.3 is 4.74 Å². The largest absolute Gasteiger partial charge is 0.458 e. The highest BCUT2D eigenvalue weighted by Gasteiger charge is 2.21. The van der Waals surface area contributed by atoms with Crippen molar-refractivity contribution in [1.82, 2.24) is 14.1 Å². The van der Waals surface area contributed by atoms with Gasteiger partial charge in [-0.05, 0) is 81.8 Å². The lowest BCUT2D eigenvalue weighted by Gasteiger charge is -2.17. The molecule has 0 spiro atoms. The normalized spacial score (nSPS) is 11.5. The Bertz CT molecular complexity index is 3350. The molecule has 3 aromatic heterocycles. The highest BCUT2D eigenvalue weighted by atomic mass is 16.5. The van der Waals surface area contributed by atoms with Gasteiger partial charge in [0.1, 0.15) is 17.3 Å². The van der Waals surface area contributed by atoms with Gasteiger partial charge in [0, 0.05) is 28.6 Å². The smallest absolute Gasteiger partial charge is 0.269 e. The summed E-state index contributed by atoms with van der Waals surface area (Å²) in [4.78, 5) is 5.11. The molecule has 0 fully saturated rings. The molecule has 5 heteroatoms. The van der Waals surface area contributed by atoms with E-state index < -0.39 is 0 Å². The second-order valence-electron chi connectivity index (χ2n) is 16.0. The van der Waals surface area contributed by atoms with E-state index in [4.69, 9.17) is 9.72 Å². The van der Waals surface area contributed by atoms with Crippen molar-refractivity contribution in [3.8, 4) is 62.1 Å². The van der Waals surface area contributed by atoms with Crippen molar-refractivity contribution in [3.05, 3.63) is 224 Å². The molecule has 5 nitrogen and oxygen atoms in total. The van der Waals surface area contributed by atoms with E-state index in [1.807, 2.05) is 18.3 Å². The standard InChI is InChI=1S/C57H42N4O/c1-39(2)50-36-56(58-37-51(50)42-22-10-5-11-23-42)61-52-29-13-12-26-48(52)49-33-32-45(35-55(49)61)62-44-25-16-24-43(34-44)59-38-60(54-31-15-14-30-53(54)59)57-46(40-18-6-3-7-19-40)27-17-28-47(57)41-20-8-4-9-21-41/h3-37,39H,1-2H3. The molecule has 8 aromatic carbocycles. The van der Waals surface area contributed by atoms with Gasteiger partial charge in [0.25, 0.3) is 6.33 Å². The van der Waals surface area contributed by atoms with Crippen molar-refractivity contribution >= 4 is 32.8 Å². The van der Waals surface area contributed by atoms with Gasteiger partial charge in [-0.15, -0.1) is 0 Å². The molecule has 0 atom stereocenters. The van der Waals surface area contributed by atoms with Crippen LogP contribution in [0.5, 0.6) is 11.5 Å². The predicted octanol–water partition coefficient (Wildman–Crippen LogP) is 14.1. The van der Waals surface area contributed by atoms with Crippen molar-refractivity contribution in [2.45, 2.75) is 19.8 Å². The number of aromatic nitrogens is 4. The molecule has 0 radical (unpaired) electrons. The van der Waals surface area contributed by atoms with Crippen LogP contribution in [0.25, 0.3) is 83.4 Å². The number of ether oxygens (including phenoxy) is 1. The molecule has 0 amide bonds. The minimum atomic E-state index is 0.305. The fourth-order valence-corrected chi connectivity index (χ4v) is 8.90. The van der Waals surface area contributed by atoms with Gasteiger partial charge in [-0.2, -0.15) is 0 Å². The van der Waals surface area contributed by atoms with Gasteiger partial charge in [0.15, 0.2) is 0 Å². The molecular weight excluding hydrogens is 757 g/mol. The highest BCUT2D eigenvalue weighted by molar-refractivity contribution is 6.09. The number of benzene rings is 8. The van der Waals surface area contributed by atoms with Gasteiger partial charge in [0.2, 0.25) is 0 Å². The summed E-state index contributed by atoms with van der Waals surface area (Å²) in [5.41, 5.74) is 14.3. The van der Waals surface area contributed by atoms with Gasteiger partial charge in [-0.1, -0.05) is 172 Å². The molecule has 0 saturated heterocycles. The van der Waals surface area contributed by atoms with Crippen LogP contribution in [-0.4, -0.2) is 14.1 Å². The molecule has 11 rings (SSSR count). The molecule has 0 aliphatic heterocycles. The third-order valence-electron chi connectivity index (χ3n) is 11.8. The molecule has 296 valence electrons. The molecule has 0 saturated carbocycles. The molecule has 3 heterocycles. The first kappa shape index (κ1) is 37.0. The zero-order chi connectivity index (χ0) is 41.6. The first-order valence-corrected chi connectivity index (χ1v) is 21.2. The molecule has 0 aliphatic carbocycles. The van der Waals surface area contributed by atoms with E-state index in [1.54, 1.807) is 0 Å². The maximum absolute atomic E-state index is 6.76. The summed E-state index contributed by atoms with van der Waals surface area (Å²) >= 11 is 0. The summed E-state index contributed by atoms with van der Waals surface area (Å²) < 4.78 is 13.4. The lowest BCUT2D eigenvalue weighted by atomic mass is 9.94. The summed E-state index contributed by atoms with van der Waals surface area (Å²) in [6, 6.07) is 72.2. The van der Waals surface area contributed by atoms with Crippen LogP contribution in [0, 0.1) is 6.33 Å². The fraction of sp³-hybridized carbons (Fsp3) is 0.0526. The summed E-state index contributed by atoms with van der Waals surface area (Å²) in [6.45, 7) is 4.49. The second-order valence-corrected chi connectivity index (χ2v) is 16.0. The topological polar surface area (TPSA) is 35.9 Å². The Kier molecular flexibility index (Phi) is 9.28. The lowest BCUT2D eigenvalue weighted by Crippen LogP contribution is -2.31. The van der Waals surface area contributed by atoms with Gasteiger partial charge in [0.05, 0.1) is 33.4 Å². The molecule has 62 heavy (non-hydrogen) atoms. The highest BCUT2D eigenvalue weighted by Crippen LogP contribution is 2.38. The Labute approximate surface area is 361 Å². The summed E-state index contributed by atoms with van der Waals surface area (Å²) in [7, 11) is 0. The number of hydrogen-bond acceptors (Lipinski definition) is 2. The molecule has 0 N–H and O–H groups in total. The van der Waals surface area contributed by atoms with Crippen LogP contribution in [0.1, 0.15) is 25.3 Å². The van der Waals surface area contributed by atoms with E-state index >= 15 is 0 Å². The number of rotatable bonds is 9. The molecule has 0 bridgehead atoms. The quantitative estimate of drug-likeness (QED) is 0.108. The van der Waals surface area contributed by atoms with Gasteiger partial charge in [-0.3, -0.25) is 13.7 Å². The monoisotopic (exact) mass is 798 g/mol. The third-order valence-corrected chi connectivity index (χ3v) is 11.8. The number of imidazole rings is 1. The Morgan fingerprint density at radius 2 is 1.08 bits per heavy atom. The average molecular weight is 799 g/mol. The summed E-state index contributed by atoms with van der Waals surface area (Å²) in [5.74, 6) is 2.65. The third kappa shape index (κ3) is 6.52. The van der Waals surface area contributed by atoms with E-state index in [0.717, 1.165) is 84.0 Å². The van der Waals surface area contributed by atoms with Crippen LogP contribution < -0.4 is 9.30 Å². The average Bonchev–Trinajstić information content (AvgIpc) is 3.88. The van der Waals surface area contributed by atoms with Crippen molar-refractivity contribution in [2.24, 2.45) is 0 Å². The zero-order valence-corrected chi connectivity index (χ0v) is 34.5. The maximum atomic E-state index is 6.76. The van der Waals surface area contributed by atoms with E-state index in [2.05, 4.69) is 228 Å². The fourth-order valence-electron chi connectivity index (χ4n) is 8.90. The Hall–Kier alpha value is -8.02. The predicted molar refractivity (Wildman–Crippen MR) is 253 cm³/mol. The van der Waals surface area contributed by atoms with Crippen LogP contribution in [0.2, 0.25) is 0 Å². The number of fused-ring (bicyclic) bond motifs is 4.